The van der Waals surface area contributed by atoms with Crippen LogP contribution < -0.4 is 15.8 Å². The van der Waals surface area contributed by atoms with Gasteiger partial charge in [-0.15, -0.1) is 0 Å². The van der Waals surface area contributed by atoms with E-state index in [4.69, 9.17) is 10.5 Å². The van der Waals surface area contributed by atoms with Crippen LogP contribution in [0, 0.1) is 5.41 Å². The minimum atomic E-state index is -0.280. The second kappa shape index (κ2) is 5.40. The van der Waals surface area contributed by atoms with Crippen LogP contribution >= 0.6 is 0 Å². The molecule has 0 spiro atoms. The number of benzene rings is 1. The Morgan fingerprint density at radius 2 is 2.28 bits per heavy atom. The first-order valence-corrected chi connectivity index (χ1v) is 6.40. The van der Waals surface area contributed by atoms with Gasteiger partial charge in [-0.1, -0.05) is 12.1 Å². The lowest BCUT2D eigenvalue weighted by Gasteiger charge is -2.13. The minimum absolute atomic E-state index is 0.0758. The molecule has 0 atom stereocenters. The average Bonchev–Trinajstić information content (AvgIpc) is 3.18. The van der Waals surface area contributed by atoms with E-state index < -0.39 is 0 Å². The molecular weight excluding hydrogens is 228 g/mol. The highest BCUT2D eigenvalue weighted by molar-refractivity contribution is 5.85. The Morgan fingerprint density at radius 1 is 1.50 bits per heavy atom. The molecule has 1 fully saturated rings. The van der Waals surface area contributed by atoms with Gasteiger partial charge < -0.3 is 15.8 Å². The predicted octanol–water partition coefficient (Wildman–Crippen LogP) is 1.44. The summed E-state index contributed by atoms with van der Waals surface area (Å²) < 4.78 is 5.42. The molecule has 4 nitrogen and oxygen atoms in total. The van der Waals surface area contributed by atoms with Crippen molar-refractivity contribution in [1.82, 2.24) is 5.32 Å². The molecule has 0 aromatic heterocycles. The molecular formula is C14H20N2O2. The van der Waals surface area contributed by atoms with Crippen LogP contribution in [0.1, 0.15) is 25.3 Å². The normalized spacial score (nSPS) is 16.1. The first-order chi connectivity index (χ1) is 8.70. The highest BCUT2D eigenvalue weighted by Gasteiger charge is 2.48. The van der Waals surface area contributed by atoms with Crippen LogP contribution in [-0.2, 0) is 11.3 Å². The van der Waals surface area contributed by atoms with E-state index in [0.717, 1.165) is 24.2 Å². The summed E-state index contributed by atoms with van der Waals surface area (Å²) in [6, 6.07) is 7.77. The zero-order valence-corrected chi connectivity index (χ0v) is 10.7. The van der Waals surface area contributed by atoms with Gasteiger partial charge in [0.05, 0.1) is 12.0 Å². The summed E-state index contributed by atoms with van der Waals surface area (Å²) in [6.07, 6.45) is 1.82. The van der Waals surface area contributed by atoms with E-state index in [1.165, 1.54) is 0 Å². The molecule has 0 aliphatic heterocycles. The molecule has 1 aliphatic rings. The molecule has 0 saturated heterocycles. The van der Waals surface area contributed by atoms with Crippen LogP contribution in [0.25, 0.3) is 0 Å². The van der Waals surface area contributed by atoms with Crippen molar-refractivity contribution in [2.24, 2.45) is 11.1 Å². The zero-order valence-electron chi connectivity index (χ0n) is 10.7. The van der Waals surface area contributed by atoms with E-state index in [-0.39, 0.29) is 11.3 Å². The molecule has 98 valence electrons. The summed E-state index contributed by atoms with van der Waals surface area (Å²) in [7, 11) is 0. The third-order valence-corrected chi connectivity index (χ3v) is 3.39. The van der Waals surface area contributed by atoms with Crippen LogP contribution in [-0.4, -0.2) is 19.1 Å². The molecule has 1 saturated carbocycles. The van der Waals surface area contributed by atoms with Gasteiger partial charge >= 0.3 is 0 Å². The highest BCUT2D eigenvalue weighted by atomic mass is 16.5. The summed E-state index contributed by atoms with van der Waals surface area (Å²) in [5.41, 5.74) is 6.38. The number of ether oxygens (including phenoxy) is 1. The molecule has 1 aliphatic carbocycles. The summed E-state index contributed by atoms with van der Waals surface area (Å²) in [5.74, 6) is 0.913. The molecule has 1 aromatic carbocycles. The molecule has 2 rings (SSSR count). The van der Waals surface area contributed by atoms with Gasteiger partial charge in [-0.05, 0) is 37.5 Å². The summed E-state index contributed by atoms with van der Waals surface area (Å²) in [6.45, 7) is 3.57. The molecule has 1 amide bonds. The van der Waals surface area contributed by atoms with E-state index in [9.17, 15) is 4.79 Å². The Balaban J connectivity index is 1.90. The van der Waals surface area contributed by atoms with Gasteiger partial charge in [-0.2, -0.15) is 0 Å². The van der Waals surface area contributed by atoms with Crippen LogP contribution in [0.5, 0.6) is 5.75 Å². The fourth-order valence-electron chi connectivity index (χ4n) is 1.96. The van der Waals surface area contributed by atoms with Crippen LogP contribution in [0.2, 0.25) is 0 Å². The van der Waals surface area contributed by atoms with Crippen molar-refractivity contribution >= 4 is 5.91 Å². The van der Waals surface area contributed by atoms with E-state index in [2.05, 4.69) is 5.32 Å². The molecule has 18 heavy (non-hydrogen) atoms. The van der Waals surface area contributed by atoms with Crippen molar-refractivity contribution in [3.05, 3.63) is 29.8 Å². The van der Waals surface area contributed by atoms with Crippen molar-refractivity contribution in [3.8, 4) is 5.75 Å². The summed E-state index contributed by atoms with van der Waals surface area (Å²) in [5, 5.41) is 2.95. The van der Waals surface area contributed by atoms with Crippen molar-refractivity contribution in [3.63, 3.8) is 0 Å². The van der Waals surface area contributed by atoms with Gasteiger partial charge in [0.1, 0.15) is 5.75 Å². The van der Waals surface area contributed by atoms with Crippen molar-refractivity contribution in [2.75, 3.05) is 13.2 Å². The standard InChI is InChI=1S/C14H20N2O2/c1-2-18-12-5-3-4-11(8-12)9-16-13(17)14(10-15)6-7-14/h3-5,8H,2,6-7,9-10,15H2,1H3,(H,16,17). The van der Waals surface area contributed by atoms with Crippen molar-refractivity contribution in [2.45, 2.75) is 26.3 Å². The van der Waals surface area contributed by atoms with Gasteiger partial charge in [0.15, 0.2) is 0 Å². The Labute approximate surface area is 108 Å². The second-order valence-electron chi connectivity index (χ2n) is 4.75. The number of carbonyl (C=O) groups excluding carboxylic acids is 1. The summed E-state index contributed by atoms with van der Waals surface area (Å²) >= 11 is 0. The van der Waals surface area contributed by atoms with Gasteiger partial charge in [0, 0.05) is 13.1 Å². The third kappa shape index (κ3) is 2.82. The molecule has 0 heterocycles. The number of nitrogens with one attached hydrogen (secondary N) is 1. The SMILES string of the molecule is CCOc1cccc(CNC(=O)C2(CN)CC2)c1. The average molecular weight is 248 g/mol. The number of amides is 1. The fourth-order valence-corrected chi connectivity index (χ4v) is 1.96. The molecule has 1 aromatic rings. The van der Waals surface area contributed by atoms with Crippen molar-refractivity contribution in [1.29, 1.82) is 0 Å². The Hall–Kier alpha value is -1.55. The maximum absolute atomic E-state index is 11.9. The maximum Gasteiger partial charge on any atom is 0.227 e. The maximum atomic E-state index is 11.9. The lowest BCUT2D eigenvalue weighted by molar-refractivity contribution is -0.126. The number of nitrogens with two attached hydrogens (primary N) is 1. The number of hydrogen-bond acceptors (Lipinski definition) is 3. The lowest BCUT2D eigenvalue weighted by atomic mass is 10.1. The quantitative estimate of drug-likeness (QED) is 0.800. The predicted molar refractivity (Wildman–Crippen MR) is 70.2 cm³/mol. The largest absolute Gasteiger partial charge is 0.494 e. The van der Waals surface area contributed by atoms with Gasteiger partial charge in [0.2, 0.25) is 5.91 Å². The first kappa shape index (κ1) is 12.9. The third-order valence-electron chi connectivity index (χ3n) is 3.39. The van der Waals surface area contributed by atoms with Crippen LogP contribution in [0.4, 0.5) is 0 Å². The van der Waals surface area contributed by atoms with Crippen molar-refractivity contribution < 1.29 is 9.53 Å². The Morgan fingerprint density at radius 3 is 2.89 bits per heavy atom. The summed E-state index contributed by atoms with van der Waals surface area (Å²) in [4.78, 5) is 11.9. The second-order valence-corrected chi connectivity index (χ2v) is 4.75. The zero-order chi connectivity index (χ0) is 13.0. The fraction of sp³-hybridized carbons (Fsp3) is 0.500. The first-order valence-electron chi connectivity index (χ1n) is 6.40. The number of hydrogen-bond donors (Lipinski definition) is 2. The van der Waals surface area contributed by atoms with Gasteiger partial charge in [-0.25, -0.2) is 0 Å². The lowest BCUT2D eigenvalue weighted by Crippen LogP contribution is -2.36. The topological polar surface area (TPSA) is 64.3 Å². The molecule has 0 radical (unpaired) electrons. The highest BCUT2D eigenvalue weighted by Crippen LogP contribution is 2.44. The smallest absolute Gasteiger partial charge is 0.227 e. The number of carbonyl (C=O) groups is 1. The monoisotopic (exact) mass is 248 g/mol. The van der Waals surface area contributed by atoms with Gasteiger partial charge in [0.25, 0.3) is 0 Å². The molecule has 0 bridgehead atoms. The van der Waals surface area contributed by atoms with Gasteiger partial charge in [-0.3, -0.25) is 4.79 Å². The van der Waals surface area contributed by atoms with E-state index in [1.807, 2.05) is 31.2 Å². The van der Waals surface area contributed by atoms with E-state index >= 15 is 0 Å². The van der Waals surface area contributed by atoms with Crippen LogP contribution in [0.15, 0.2) is 24.3 Å². The molecule has 4 heteroatoms. The molecule has 3 N–H and O–H groups in total. The Kier molecular flexibility index (Phi) is 3.87. The van der Waals surface area contributed by atoms with E-state index in [0.29, 0.717) is 19.7 Å². The number of rotatable bonds is 6. The Bertz CT molecular complexity index is 428. The van der Waals surface area contributed by atoms with E-state index in [1.54, 1.807) is 0 Å². The van der Waals surface area contributed by atoms with Crippen LogP contribution in [0.3, 0.4) is 0 Å². The molecule has 0 unspecified atom stereocenters. The minimum Gasteiger partial charge on any atom is -0.494 e.